The summed E-state index contributed by atoms with van der Waals surface area (Å²) in [6, 6.07) is 7.81. The van der Waals surface area contributed by atoms with Gasteiger partial charge in [-0.15, -0.1) is 0 Å². The van der Waals surface area contributed by atoms with Crippen molar-refractivity contribution in [1.82, 2.24) is 0 Å². The van der Waals surface area contributed by atoms with Gasteiger partial charge in [-0.05, 0) is 18.6 Å². The van der Waals surface area contributed by atoms with Crippen LogP contribution in [0, 0.1) is 0 Å². The van der Waals surface area contributed by atoms with E-state index >= 15 is 0 Å². The number of rotatable bonds is 0. The summed E-state index contributed by atoms with van der Waals surface area (Å²) >= 11 is 0. The van der Waals surface area contributed by atoms with Crippen LogP contribution in [-0.4, -0.2) is 5.11 Å². The molecule has 2 aromatic rings. The summed E-state index contributed by atoms with van der Waals surface area (Å²) in [5, 5.41) is 10.8. The molecule has 1 aromatic carbocycles. The third kappa shape index (κ3) is 0.909. The standard InChI is InChI=1S/C12H10O2/c13-9-5-3-7-11-12(9)8-4-1-2-6-10(8)14-11/h1-2,4-6,13H,3,7H2. The summed E-state index contributed by atoms with van der Waals surface area (Å²) in [6.07, 6.45) is 3.59. The van der Waals surface area contributed by atoms with E-state index < -0.39 is 0 Å². The molecule has 2 heteroatoms. The molecule has 0 spiro atoms. The summed E-state index contributed by atoms with van der Waals surface area (Å²) in [5.74, 6) is 1.27. The Morgan fingerprint density at radius 3 is 3.00 bits per heavy atom. The Morgan fingerprint density at radius 1 is 1.21 bits per heavy atom. The van der Waals surface area contributed by atoms with E-state index in [0.717, 1.165) is 35.1 Å². The van der Waals surface area contributed by atoms with Crippen LogP contribution in [0.3, 0.4) is 0 Å². The van der Waals surface area contributed by atoms with E-state index in [-0.39, 0.29) is 0 Å². The zero-order valence-electron chi connectivity index (χ0n) is 7.66. The van der Waals surface area contributed by atoms with Crippen LogP contribution in [-0.2, 0) is 6.42 Å². The van der Waals surface area contributed by atoms with Gasteiger partial charge in [0.1, 0.15) is 17.1 Å². The summed E-state index contributed by atoms with van der Waals surface area (Å²) in [6.45, 7) is 0. The second-order valence-electron chi connectivity index (χ2n) is 3.52. The fraction of sp³-hybridized carbons (Fsp3) is 0.167. The Morgan fingerprint density at radius 2 is 2.07 bits per heavy atom. The lowest BCUT2D eigenvalue weighted by Gasteiger charge is -2.06. The van der Waals surface area contributed by atoms with Crippen LogP contribution < -0.4 is 0 Å². The number of aryl methyl sites for hydroxylation is 1. The molecule has 0 radical (unpaired) electrons. The summed E-state index contributed by atoms with van der Waals surface area (Å²) < 4.78 is 5.66. The maximum atomic E-state index is 9.75. The molecule has 2 nitrogen and oxygen atoms in total. The van der Waals surface area contributed by atoms with Crippen LogP contribution in [0.25, 0.3) is 16.7 Å². The number of para-hydroxylation sites is 1. The largest absolute Gasteiger partial charge is 0.508 e. The van der Waals surface area contributed by atoms with E-state index in [2.05, 4.69) is 0 Å². The smallest absolute Gasteiger partial charge is 0.135 e. The average molecular weight is 186 g/mol. The third-order valence-electron chi connectivity index (χ3n) is 2.63. The van der Waals surface area contributed by atoms with Crippen LogP contribution in [0.1, 0.15) is 17.7 Å². The lowest BCUT2D eigenvalue weighted by Crippen LogP contribution is -1.95. The Labute approximate surface area is 81.5 Å². The van der Waals surface area contributed by atoms with Gasteiger partial charge in [-0.3, -0.25) is 0 Å². The van der Waals surface area contributed by atoms with E-state index in [1.54, 1.807) is 0 Å². The first-order valence-electron chi connectivity index (χ1n) is 4.76. The highest BCUT2D eigenvalue weighted by Gasteiger charge is 2.19. The van der Waals surface area contributed by atoms with Crippen LogP contribution in [0.2, 0.25) is 0 Å². The zero-order valence-corrected chi connectivity index (χ0v) is 7.66. The molecule has 14 heavy (non-hydrogen) atoms. The second kappa shape index (κ2) is 2.64. The van der Waals surface area contributed by atoms with E-state index in [9.17, 15) is 5.11 Å². The normalized spacial score (nSPS) is 15.3. The number of aliphatic hydroxyl groups is 1. The summed E-state index contributed by atoms with van der Waals surface area (Å²) in [7, 11) is 0. The van der Waals surface area contributed by atoms with Gasteiger partial charge in [-0.25, -0.2) is 0 Å². The lowest BCUT2D eigenvalue weighted by atomic mass is 10.0. The highest BCUT2D eigenvalue weighted by Crippen LogP contribution is 2.34. The molecule has 3 rings (SSSR count). The van der Waals surface area contributed by atoms with Gasteiger partial charge >= 0.3 is 0 Å². The first-order chi connectivity index (χ1) is 6.86. The fourth-order valence-electron chi connectivity index (χ4n) is 2.00. The van der Waals surface area contributed by atoms with Crippen molar-refractivity contribution >= 4 is 16.7 Å². The average Bonchev–Trinajstić information content (AvgIpc) is 2.57. The van der Waals surface area contributed by atoms with Crippen molar-refractivity contribution in [3.8, 4) is 0 Å². The van der Waals surface area contributed by atoms with Crippen LogP contribution in [0.15, 0.2) is 34.8 Å². The Balaban J connectivity index is 2.42. The van der Waals surface area contributed by atoms with Gasteiger partial charge < -0.3 is 9.52 Å². The van der Waals surface area contributed by atoms with Crippen molar-refractivity contribution < 1.29 is 9.52 Å². The van der Waals surface area contributed by atoms with Crippen LogP contribution >= 0.6 is 0 Å². The van der Waals surface area contributed by atoms with Gasteiger partial charge in [-0.1, -0.05) is 18.2 Å². The van der Waals surface area contributed by atoms with Crippen molar-refractivity contribution in [1.29, 1.82) is 0 Å². The first-order valence-corrected chi connectivity index (χ1v) is 4.76. The number of hydrogen-bond donors (Lipinski definition) is 1. The molecule has 1 aliphatic rings. The molecule has 0 saturated carbocycles. The molecular formula is C12H10O2. The zero-order chi connectivity index (χ0) is 9.54. The predicted molar refractivity (Wildman–Crippen MR) is 55.1 cm³/mol. The molecule has 0 aliphatic heterocycles. The predicted octanol–water partition coefficient (Wildman–Crippen LogP) is 3.28. The molecule has 1 aromatic heterocycles. The van der Waals surface area contributed by atoms with Crippen molar-refractivity contribution in [3.05, 3.63) is 41.7 Å². The van der Waals surface area contributed by atoms with Gasteiger partial charge in [0.05, 0.1) is 5.56 Å². The topological polar surface area (TPSA) is 33.4 Å². The number of aliphatic hydroxyl groups excluding tert-OH is 1. The number of furan rings is 1. The highest BCUT2D eigenvalue weighted by atomic mass is 16.3. The van der Waals surface area contributed by atoms with Crippen molar-refractivity contribution in [2.75, 3.05) is 0 Å². The molecule has 0 saturated heterocycles. The van der Waals surface area contributed by atoms with Crippen molar-refractivity contribution in [3.63, 3.8) is 0 Å². The van der Waals surface area contributed by atoms with Gasteiger partial charge in [0, 0.05) is 11.8 Å². The molecular weight excluding hydrogens is 176 g/mol. The third-order valence-corrected chi connectivity index (χ3v) is 2.63. The van der Waals surface area contributed by atoms with Gasteiger partial charge in [0.2, 0.25) is 0 Å². The minimum atomic E-state index is 0.358. The first kappa shape index (κ1) is 7.68. The van der Waals surface area contributed by atoms with E-state index in [0.29, 0.717) is 5.76 Å². The second-order valence-corrected chi connectivity index (χ2v) is 3.52. The van der Waals surface area contributed by atoms with Crippen LogP contribution in [0.4, 0.5) is 0 Å². The summed E-state index contributed by atoms with van der Waals surface area (Å²) in [5.41, 5.74) is 1.74. The maximum Gasteiger partial charge on any atom is 0.135 e. The monoisotopic (exact) mass is 186 g/mol. The van der Waals surface area contributed by atoms with E-state index in [1.165, 1.54) is 0 Å². The van der Waals surface area contributed by atoms with E-state index in [1.807, 2.05) is 30.3 Å². The van der Waals surface area contributed by atoms with Crippen molar-refractivity contribution in [2.24, 2.45) is 0 Å². The molecule has 0 unspecified atom stereocenters. The van der Waals surface area contributed by atoms with Crippen LogP contribution in [0.5, 0.6) is 0 Å². The minimum Gasteiger partial charge on any atom is -0.508 e. The number of hydrogen-bond acceptors (Lipinski definition) is 2. The lowest BCUT2D eigenvalue weighted by molar-refractivity contribution is 0.488. The maximum absolute atomic E-state index is 9.75. The molecule has 0 bridgehead atoms. The van der Waals surface area contributed by atoms with Crippen molar-refractivity contribution in [2.45, 2.75) is 12.8 Å². The number of fused-ring (bicyclic) bond motifs is 3. The van der Waals surface area contributed by atoms with Gasteiger partial charge in [-0.2, -0.15) is 0 Å². The molecule has 1 heterocycles. The Kier molecular flexibility index (Phi) is 1.45. The minimum absolute atomic E-state index is 0.358. The van der Waals surface area contributed by atoms with E-state index in [4.69, 9.17) is 4.42 Å². The Bertz CT molecular complexity index is 520. The molecule has 1 aliphatic carbocycles. The molecule has 0 atom stereocenters. The molecule has 70 valence electrons. The number of benzene rings is 1. The fourth-order valence-corrected chi connectivity index (χ4v) is 2.00. The molecule has 1 N–H and O–H groups in total. The molecule has 0 fully saturated rings. The molecule has 0 amide bonds. The SMILES string of the molecule is OC1=CCCc2oc3ccccc3c21. The Hall–Kier alpha value is -1.70. The summed E-state index contributed by atoms with van der Waals surface area (Å²) in [4.78, 5) is 0. The number of allylic oxidation sites excluding steroid dienone is 1. The highest BCUT2D eigenvalue weighted by molar-refractivity contribution is 5.91. The quantitative estimate of drug-likeness (QED) is 0.684. The van der Waals surface area contributed by atoms with Gasteiger partial charge in [0.25, 0.3) is 0 Å². The van der Waals surface area contributed by atoms with Gasteiger partial charge in [0.15, 0.2) is 0 Å².